The van der Waals surface area contributed by atoms with Gasteiger partial charge in [0.05, 0.1) is 17.2 Å². The Labute approximate surface area is 181 Å². The SMILES string of the molecule is CC(=O)C1=C(C)N(c2cccc(C(F)(F)F)c2)C(=O)C(C(N)=O)C1c1ccc(C#N)cc1. The molecule has 0 aliphatic carbocycles. The number of rotatable bonds is 4. The number of Topliss-reactive ketones (excluding diaryl/α,β-unsaturated/α-hetero) is 1. The summed E-state index contributed by atoms with van der Waals surface area (Å²) in [5, 5.41) is 9.02. The van der Waals surface area contributed by atoms with Crippen molar-refractivity contribution in [2.24, 2.45) is 11.7 Å². The largest absolute Gasteiger partial charge is 0.416 e. The van der Waals surface area contributed by atoms with Crippen LogP contribution in [0.4, 0.5) is 18.9 Å². The van der Waals surface area contributed by atoms with E-state index in [1.165, 1.54) is 44.2 Å². The number of carbonyl (C=O) groups is 3. The van der Waals surface area contributed by atoms with Gasteiger partial charge in [-0.2, -0.15) is 18.4 Å². The average Bonchev–Trinajstić information content (AvgIpc) is 2.72. The minimum Gasteiger partial charge on any atom is -0.369 e. The molecule has 164 valence electrons. The topological polar surface area (TPSA) is 104 Å². The molecule has 1 aliphatic rings. The summed E-state index contributed by atoms with van der Waals surface area (Å²) in [5.74, 6) is -4.89. The van der Waals surface area contributed by atoms with E-state index in [0.29, 0.717) is 11.1 Å². The smallest absolute Gasteiger partial charge is 0.369 e. The average molecular weight is 441 g/mol. The zero-order valence-electron chi connectivity index (χ0n) is 17.1. The van der Waals surface area contributed by atoms with Crippen LogP contribution in [0.5, 0.6) is 0 Å². The Kier molecular flexibility index (Phi) is 5.90. The summed E-state index contributed by atoms with van der Waals surface area (Å²) in [6, 6.07) is 12.0. The predicted molar refractivity (Wildman–Crippen MR) is 109 cm³/mol. The first-order valence-corrected chi connectivity index (χ1v) is 9.49. The molecule has 2 unspecified atom stereocenters. The molecule has 0 saturated carbocycles. The third-order valence-electron chi connectivity index (χ3n) is 5.37. The van der Waals surface area contributed by atoms with Crippen LogP contribution in [0.25, 0.3) is 0 Å². The van der Waals surface area contributed by atoms with Crippen LogP contribution in [0, 0.1) is 17.2 Å². The molecule has 2 N–H and O–H groups in total. The number of allylic oxidation sites excluding steroid dienone is 2. The van der Waals surface area contributed by atoms with E-state index in [1.807, 2.05) is 6.07 Å². The molecule has 0 bridgehead atoms. The fraction of sp³-hybridized carbons (Fsp3) is 0.217. The van der Waals surface area contributed by atoms with Gasteiger partial charge < -0.3 is 5.73 Å². The summed E-state index contributed by atoms with van der Waals surface area (Å²) in [6.45, 7) is 2.68. The summed E-state index contributed by atoms with van der Waals surface area (Å²) in [6.07, 6.45) is -4.65. The van der Waals surface area contributed by atoms with E-state index in [-0.39, 0.29) is 17.0 Å². The Morgan fingerprint density at radius 1 is 1.12 bits per heavy atom. The van der Waals surface area contributed by atoms with Crippen molar-refractivity contribution < 1.29 is 27.6 Å². The lowest BCUT2D eigenvalue weighted by molar-refractivity contribution is -0.138. The van der Waals surface area contributed by atoms with Gasteiger partial charge in [0.1, 0.15) is 5.92 Å². The van der Waals surface area contributed by atoms with Gasteiger partial charge in [0.25, 0.3) is 0 Å². The number of hydrogen-bond donors (Lipinski definition) is 1. The van der Waals surface area contributed by atoms with Gasteiger partial charge in [-0.1, -0.05) is 18.2 Å². The molecule has 2 aromatic carbocycles. The number of amides is 2. The number of anilines is 1. The highest BCUT2D eigenvalue weighted by Crippen LogP contribution is 2.43. The Morgan fingerprint density at radius 2 is 1.75 bits per heavy atom. The molecular weight excluding hydrogens is 423 g/mol. The highest BCUT2D eigenvalue weighted by Gasteiger charge is 2.46. The third-order valence-corrected chi connectivity index (χ3v) is 5.37. The molecule has 2 aromatic rings. The van der Waals surface area contributed by atoms with E-state index in [2.05, 4.69) is 0 Å². The highest BCUT2D eigenvalue weighted by molar-refractivity contribution is 6.14. The third kappa shape index (κ3) is 3.99. The number of hydrogen-bond acceptors (Lipinski definition) is 4. The summed E-state index contributed by atoms with van der Waals surface area (Å²) in [7, 11) is 0. The van der Waals surface area contributed by atoms with Crippen LogP contribution in [-0.4, -0.2) is 17.6 Å². The number of nitriles is 1. The molecule has 2 atom stereocenters. The molecule has 3 rings (SSSR count). The van der Waals surface area contributed by atoms with E-state index in [0.717, 1.165) is 23.1 Å². The second-order valence-electron chi connectivity index (χ2n) is 7.37. The van der Waals surface area contributed by atoms with Crippen molar-refractivity contribution in [3.05, 3.63) is 76.5 Å². The lowest BCUT2D eigenvalue weighted by Crippen LogP contribution is -2.49. The van der Waals surface area contributed by atoms with Crippen LogP contribution in [0.15, 0.2) is 59.8 Å². The van der Waals surface area contributed by atoms with Crippen LogP contribution >= 0.6 is 0 Å². The van der Waals surface area contributed by atoms with Crippen LogP contribution < -0.4 is 10.6 Å². The first-order chi connectivity index (χ1) is 15.0. The molecule has 1 heterocycles. The number of primary amides is 1. The van der Waals surface area contributed by atoms with Gasteiger partial charge in [-0.15, -0.1) is 0 Å². The van der Waals surface area contributed by atoms with Gasteiger partial charge >= 0.3 is 6.18 Å². The van der Waals surface area contributed by atoms with Crippen LogP contribution in [0.3, 0.4) is 0 Å². The van der Waals surface area contributed by atoms with Crippen molar-refractivity contribution in [1.29, 1.82) is 5.26 Å². The Morgan fingerprint density at radius 3 is 2.25 bits per heavy atom. The van der Waals surface area contributed by atoms with Crippen LogP contribution in [-0.2, 0) is 20.6 Å². The Balaban J connectivity index is 2.26. The normalized spacial score (nSPS) is 19.0. The zero-order valence-corrected chi connectivity index (χ0v) is 17.1. The molecular formula is C23H18F3N3O3. The fourth-order valence-electron chi connectivity index (χ4n) is 3.99. The molecule has 9 heteroatoms. The standard InChI is InChI=1S/C23H18F3N3O3/c1-12-18(13(2)30)19(15-8-6-14(11-27)7-9-15)20(21(28)31)22(32)29(12)17-5-3-4-16(10-17)23(24,25)26/h3-10,19-20H,1-2H3,(H2,28,31). The second kappa shape index (κ2) is 8.30. The maximum Gasteiger partial charge on any atom is 0.416 e. The number of ketones is 1. The molecule has 0 spiro atoms. The number of nitrogens with two attached hydrogens (primary N) is 1. The maximum absolute atomic E-state index is 13.4. The molecule has 6 nitrogen and oxygen atoms in total. The summed E-state index contributed by atoms with van der Waals surface area (Å²) in [5.41, 5.74) is 5.35. The van der Waals surface area contributed by atoms with Gasteiger partial charge in [0, 0.05) is 22.9 Å². The van der Waals surface area contributed by atoms with Crippen molar-refractivity contribution in [1.82, 2.24) is 0 Å². The van der Waals surface area contributed by atoms with E-state index in [4.69, 9.17) is 11.0 Å². The number of nitrogens with zero attached hydrogens (tertiary/aromatic N) is 2. The van der Waals surface area contributed by atoms with Crippen molar-refractivity contribution in [2.45, 2.75) is 25.9 Å². The second-order valence-corrected chi connectivity index (χ2v) is 7.37. The van der Waals surface area contributed by atoms with Crippen LogP contribution in [0.2, 0.25) is 0 Å². The molecule has 32 heavy (non-hydrogen) atoms. The minimum absolute atomic E-state index is 0.0792. The van der Waals surface area contributed by atoms with Gasteiger partial charge in [0.2, 0.25) is 11.8 Å². The first-order valence-electron chi connectivity index (χ1n) is 9.49. The van der Waals surface area contributed by atoms with Gasteiger partial charge in [0.15, 0.2) is 5.78 Å². The maximum atomic E-state index is 13.4. The number of benzene rings is 2. The summed E-state index contributed by atoms with van der Waals surface area (Å²) in [4.78, 5) is 39.3. The van der Waals surface area contributed by atoms with Crippen molar-refractivity contribution >= 4 is 23.3 Å². The molecule has 2 amide bonds. The van der Waals surface area contributed by atoms with Crippen molar-refractivity contribution in [3.8, 4) is 6.07 Å². The lowest BCUT2D eigenvalue weighted by Gasteiger charge is -2.38. The van der Waals surface area contributed by atoms with Crippen LogP contribution in [0.1, 0.15) is 36.5 Å². The van der Waals surface area contributed by atoms with Gasteiger partial charge in [-0.05, 0) is 49.7 Å². The van der Waals surface area contributed by atoms with E-state index in [9.17, 15) is 27.6 Å². The Hall–Kier alpha value is -3.93. The number of alkyl halides is 3. The molecule has 1 aliphatic heterocycles. The number of halogens is 3. The first kappa shape index (κ1) is 22.7. The predicted octanol–water partition coefficient (Wildman–Crippen LogP) is 3.67. The van der Waals surface area contributed by atoms with Gasteiger partial charge in [-0.25, -0.2) is 0 Å². The fourth-order valence-corrected chi connectivity index (χ4v) is 3.99. The number of carbonyl (C=O) groups excluding carboxylic acids is 3. The molecule has 0 aromatic heterocycles. The summed E-state index contributed by atoms with van der Waals surface area (Å²) < 4.78 is 39.7. The zero-order chi connectivity index (χ0) is 23.8. The van der Waals surface area contributed by atoms with E-state index >= 15 is 0 Å². The van der Waals surface area contributed by atoms with E-state index in [1.54, 1.807) is 0 Å². The quantitative estimate of drug-likeness (QED) is 0.731. The van der Waals surface area contributed by atoms with Crippen molar-refractivity contribution in [2.75, 3.05) is 4.90 Å². The summed E-state index contributed by atoms with van der Waals surface area (Å²) >= 11 is 0. The lowest BCUT2D eigenvalue weighted by atomic mass is 9.74. The van der Waals surface area contributed by atoms with E-state index < -0.39 is 41.2 Å². The molecule has 0 fully saturated rings. The molecule has 0 radical (unpaired) electrons. The monoisotopic (exact) mass is 441 g/mol. The highest BCUT2D eigenvalue weighted by atomic mass is 19.4. The van der Waals surface area contributed by atoms with Crippen molar-refractivity contribution in [3.63, 3.8) is 0 Å². The Bertz CT molecular complexity index is 1180. The van der Waals surface area contributed by atoms with Gasteiger partial charge in [-0.3, -0.25) is 19.3 Å². The molecule has 0 saturated heterocycles. The minimum atomic E-state index is -4.65.